The van der Waals surface area contributed by atoms with Crippen molar-refractivity contribution in [2.24, 2.45) is 0 Å². The molecule has 1 aliphatic heterocycles. The predicted molar refractivity (Wildman–Crippen MR) is 56.4 cm³/mol. The Morgan fingerprint density at radius 3 is 2.64 bits per heavy atom. The number of ether oxygens (including phenoxy) is 1. The lowest BCUT2D eigenvalue weighted by Gasteiger charge is -2.34. The van der Waals surface area contributed by atoms with Crippen molar-refractivity contribution >= 4 is 0 Å². The third-order valence-electron chi connectivity index (χ3n) is 2.79. The first-order valence-corrected chi connectivity index (χ1v) is 5.43. The molecule has 0 spiro atoms. The number of nitrogens with one attached hydrogen (secondary N) is 1. The van der Waals surface area contributed by atoms with Crippen LogP contribution in [0.5, 0.6) is 0 Å². The summed E-state index contributed by atoms with van der Waals surface area (Å²) in [6, 6.07) is 0.624. The Kier molecular flexibility index (Phi) is 6.10. The minimum absolute atomic E-state index is 0.244. The maximum Gasteiger partial charge on any atom is 0.0589 e. The molecule has 1 rings (SSSR count). The van der Waals surface area contributed by atoms with Crippen molar-refractivity contribution in [3.8, 4) is 0 Å². The van der Waals surface area contributed by atoms with Crippen LogP contribution < -0.4 is 5.32 Å². The number of hydrogen-bond acceptors (Lipinski definition) is 4. The molecule has 0 saturated carbocycles. The lowest BCUT2D eigenvalue weighted by atomic mass is 10.0. The van der Waals surface area contributed by atoms with Gasteiger partial charge in [-0.2, -0.15) is 0 Å². The Balaban J connectivity index is 2.30. The van der Waals surface area contributed by atoms with Gasteiger partial charge in [-0.3, -0.25) is 4.90 Å². The minimum Gasteiger partial charge on any atom is -0.395 e. The van der Waals surface area contributed by atoms with Gasteiger partial charge >= 0.3 is 0 Å². The van der Waals surface area contributed by atoms with Crippen LogP contribution in [0.1, 0.15) is 12.8 Å². The molecule has 14 heavy (non-hydrogen) atoms. The second-order valence-electron chi connectivity index (χ2n) is 3.73. The summed E-state index contributed by atoms with van der Waals surface area (Å²) in [7, 11) is 1.72. The summed E-state index contributed by atoms with van der Waals surface area (Å²) in [4.78, 5) is 2.34. The van der Waals surface area contributed by atoms with Crippen molar-refractivity contribution in [1.82, 2.24) is 10.2 Å². The molecule has 2 N–H and O–H groups in total. The van der Waals surface area contributed by atoms with Gasteiger partial charge in [0.05, 0.1) is 13.2 Å². The van der Waals surface area contributed by atoms with Gasteiger partial charge in [-0.1, -0.05) is 0 Å². The van der Waals surface area contributed by atoms with Gasteiger partial charge in [0.2, 0.25) is 0 Å². The molecule has 0 aromatic heterocycles. The zero-order valence-electron chi connectivity index (χ0n) is 9.04. The van der Waals surface area contributed by atoms with Crippen LogP contribution in [0.15, 0.2) is 0 Å². The third-order valence-corrected chi connectivity index (χ3v) is 2.79. The van der Waals surface area contributed by atoms with E-state index in [1.165, 1.54) is 12.8 Å². The molecule has 1 saturated heterocycles. The van der Waals surface area contributed by atoms with E-state index in [9.17, 15) is 0 Å². The van der Waals surface area contributed by atoms with Crippen molar-refractivity contribution in [2.45, 2.75) is 18.9 Å². The number of piperidine rings is 1. The summed E-state index contributed by atoms with van der Waals surface area (Å²) in [6.45, 7) is 4.90. The Morgan fingerprint density at radius 1 is 1.36 bits per heavy atom. The average molecular weight is 202 g/mol. The lowest BCUT2D eigenvalue weighted by Crippen LogP contribution is -2.45. The molecule has 0 bridgehead atoms. The largest absolute Gasteiger partial charge is 0.395 e. The molecule has 0 aromatic rings. The summed E-state index contributed by atoms with van der Waals surface area (Å²) >= 11 is 0. The first-order valence-electron chi connectivity index (χ1n) is 5.43. The SMILES string of the molecule is COCCN(CCO)C1CCNCC1. The molecular weight excluding hydrogens is 180 g/mol. The van der Waals surface area contributed by atoms with Crippen molar-refractivity contribution in [1.29, 1.82) is 0 Å². The van der Waals surface area contributed by atoms with Crippen LogP contribution in [0.2, 0.25) is 0 Å². The van der Waals surface area contributed by atoms with E-state index >= 15 is 0 Å². The van der Waals surface area contributed by atoms with Gasteiger partial charge in [0.15, 0.2) is 0 Å². The molecule has 1 aliphatic rings. The maximum atomic E-state index is 8.97. The highest BCUT2D eigenvalue weighted by Crippen LogP contribution is 2.10. The van der Waals surface area contributed by atoms with Gasteiger partial charge in [-0.25, -0.2) is 0 Å². The van der Waals surface area contributed by atoms with Gasteiger partial charge in [0, 0.05) is 26.2 Å². The fraction of sp³-hybridized carbons (Fsp3) is 1.00. The highest BCUT2D eigenvalue weighted by atomic mass is 16.5. The quantitative estimate of drug-likeness (QED) is 0.619. The van der Waals surface area contributed by atoms with Crippen LogP contribution >= 0.6 is 0 Å². The molecule has 1 fully saturated rings. The van der Waals surface area contributed by atoms with Gasteiger partial charge in [-0.15, -0.1) is 0 Å². The van der Waals surface area contributed by atoms with E-state index in [1.807, 2.05) is 0 Å². The zero-order chi connectivity index (χ0) is 10.2. The Hall–Kier alpha value is -0.160. The molecular formula is C10H22N2O2. The van der Waals surface area contributed by atoms with E-state index < -0.39 is 0 Å². The van der Waals surface area contributed by atoms with Crippen molar-refractivity contribution in [2.75, 3.05) is 46.5 Å². The van der Waals surface area contributed by atoms with Gasteiger partial charge in [0.1, 0.15) is 0 Å². The van der Waals surface area contributed by atoms with E-state index in [-0.39, 0.29) is 6.61 Å². The Labute approximate surface area is 86.2 Å². The topological polar surface area (TPSA) is 44.7 Å². The third kappa shape index (κ3) is 3.92. The summed E-state index contributed by atoms with van der Waals surface area (Å²) in [5.41, 5.74) is 0. The monoisotopic (exact) mass is 202 g/mol. The first kappa shape index (κ1) is 11.9. The van der Waals surface area contributed by atoms with Crippen LogP contribution in [-0.2, 0) is 4.74 Å². The van der Waals surface area contributed by atoms with Gasteiger partial charge in [0.25, 0.3) is 0 Å². The number of aliphatic hydroxyl groups is 1. The standard InChI is InChI=1S/C10H22N2O2/c1-14-9-7-12(6-8-13)10-2-4-11-5-3-10/h10-11,13H,2-9H2,1H3. The molecule has 0 radical (unpaired) electrons. The van der Waals surface area contributed by atoms with Crippen LogP contribution in [0, 0.1) is 0 Å². The summed E-state index contributed by atoms with van der Waals surface area (Å²) < 4.78 is 5.07. The van der Waals surface area contributed by atoms with E-state index in [1.54, 1.807) is 7.11 Å². The molecule has 0 atom stereocenters. The average Bonchev–Trinajstić information content (AvgIpc) is 2.25. The van der Waals surface area contributed by atoms with E-state index in [0.29, 0.717) is 6.04 Å². The van der Waals surface area contributed by atoms with Crippen LogP contribution in [0.3, 0.4) is 0 Å². The maximum absolute atomic E-state index is 8.97. The molecule has 84 valence electrons. The van der Waals surface area contributed by atoms with E-state index in [4.69, 9.17) is 9.84 Å². The zero-order valence-corrected chi connectivity index (χ0v) is 9.04. The van der Waals surface area contributed by atoms with Crippen LogP contribution in [0.25, 0.3) is 0 Å². The smallest absolute Gasteiger partial charge is 0.0589 e. The minimum atomic E-state index is 0.244. The summed E-state index contributed by atoms with van der Waals surface area (Å²) in [6.07, 6.45) is 2.37. The number of methoxy groups -OCH3 is 1. The molecule has 0 aliphatic carbocycles. The molecule has 0 aromatic carbocycles. The number of aliphatic hydroxyl groups excluding tert-OH is 1. The van der Waals surface area contributed by atoms with Crippen molar-refractivity contribution in [3.63, 3.8) is 0 Å². The lowest BCUT2D eigenvalue weighted by molar-refractivity contribution is 0.0883. The molecule has 4 nitrogen and oxygen atoms in total. The fourth-order valence-electron chi connectivity index (χ4n) is 1.99. The highest BCUT2D eigenvalue weighted by Gasteiger charge is 2.19. The van der Waals surface area contributed by atoms with Crippen molar-refractivity contribution in [3.05, 3.63) is 0 Å². The van der Waals surface area contributed by atoms with Crippen LogP contribution in [0.4, 0.5) is 0 Å². The molecule has 1 heterocycles. The molecule has 4 heteroatoms. The van der Waals surface area contributed by atoms with E-state index in [2.05, 4.69) is 10.2 Å². The van der Waals surface area contributed by atoms with Crippen molar-refractivity contribution < 1.29 is 9.84 Å². The Morgan fingerprint density at radius 2 is 2.07 bits per heavy atom. The molecule has 0 unspecified atom stereocenters. The van der Waals surface area contributed by atoms with Gasteiger partial charge < -0.3 is 15.2 Å². The summed E-state index contributed by atoms with van der Waals surface area (Å²) in [5.74, 6) is 0. The Bertz CT molecular complexity index is 138. The second kappa shape index (κ2) is 7.17. The summed E-state index contributed by atoms with van der Waals surface area (Å²) in [5, 5.41) is 12.3. The predicted octanol–water partition coefficient (Wildman–Crippen LogP) is -0.321. The molecule has 0 amide bonds. The normalized spacial score (nSPS) is 19.1. The fourth-order valence-corrected chi connectivity index (χ4v) is 1.99. The van der Waals surface area contributed by atoms with Gasteiger partial charge in [-0.05, 0) is 25.9 Å². The number of rotatable bonds is 6. The highest BCUT2D eigenvalue weighted by molar-refractivity contribution is 4.77. The number of hydrogen-bond donors (Lipinski definition) is 2. The van der Waals surface area contributed by atoms with Crippen LogP contribution in [-0.4, -0.2) is 62.6 Å². The van der Waals surface area contributed by atoms with E-state index in [0.717, 1.165) is 32.8 Å². The first-order chi connectivity index (χ1) is 6.88. The second-order valence-corrected chi connectivity index (χ2v) is 3.73. The number of nitrogens with zero attached hydrogens (tertiary/aromatic N) is 1.